The summed E-state index contributed by atoms with van der Waals surface area (Å²) in [4.78, 5) is 24.9. The van der Waals surface area contributed by atoms with E-state index in [0.717, 1.165) is 10.7 Å². The van der Waals surface area contributed by atoms with E-state index in [1.54, 1.807) is 30.3 Å². The van der Waals surface area contributed by atoms with Gasteiger partial charge in [-0.05, 0) is 43.2 Å². The van der Waals surface area contributed by atoms with Crippen molar-refractivity contribution in [1.29, 1.82) is 0 Å². The lowest BCUT2D eigenvalue weighted by Crippen LogP contribution is -2.27. The standard InChI is InChI=1S/C20H23N3O5S/c1-23(2)29(26,27)18-11-4-3-9-16(18)22-19(24)14-7-5-8-15(13-14)21-20(25)17-10-6-12-28-17/h3-5,7-9,11,13,17H,6,10,12H2,1-2H3,(H,21,25)(H,22,24). The highest BCUT2D eigenvalue weighted by Gasteiger charge is 2.24. The summed E-state index contributed by atoms with van der Waals surface area (Å²) >= 11 is 0. The Hall–Kier alpha value is -2.75. The maximum Gasteiger partial charge on any atom is 0.255 e. The number of hydrogen-bond donors (Lipinski definition) is 2. The normalized spacial score (nSPS) is 16.6. The predicted molar refractivity (Wildman–Crippen MR) is 109 cm³/mol. The number of para-hydroxylation sites is 1. The molecule has 0 aromatic heterocycles. The topological polar surface area (TPSA) is 105 Å². The molecule has 0 aliphatic carbocycles. The van der Waals surface area contributed by atoms with E-state index in [2.05, 4.69) is 10.6 Å². The van der Waals surface area contributed by atoms with Gasteiger partial charge in [0.2, 0.25) is 10.0 Å². The third kappa shape index (κ3) is 4.81. The molecular weight excluding hydrogens is 394 g/mol. The van der Waals surface area contributed by atoms with E-state index in [4.69, 9.17) is 4.74 Å². The van der Waals surface area contributed by atoms with Crippen LogP contribution in [0.5, 0.6) is 0 Å². The van der Waals surface area contributed by atoms with Gasteiger partial charge in [-0.15, -0.1) is 0 Å². The molecule has 1 saturated heterocycles. The fourth-order valence-electron chi connectivity index (χ4n) is 2.93. The fraction of sp³-hybridized carbons (Fsp3) is 0.300. The number of carbonyl (C=O) groups is 2. The van der Waals surface area contributed by atoms with Gasteiger partial charge < -0.3 is 15.4 Å². The summed E-state index contributed by atoms with van der Waals surface area (Å²) in [6.07, 6.45) is 1.04. The minimum atomic E-state index is -3.72. The van der Waals surface area contributed by atoms with Crippen LogP contribution in [0.1, 0.15) is 23.2 Å². The van der Waals surface area contributed by atoms with Gasteiger partial charge in [0.1, 0.15) is 11.0 Å². The minimum Gasteiger partial charge on any atom is -0.368 e. The Balaban J connectivity index is 1.78. The van der Waals surface area contributed by atoms with Crippen LogP contribution in [0.2, 0.25) is 0 Å². The molecule has 2 aromatic rings. The Morgan fingerprint density at radius 1 is 1.07 bits per heavy atom. The zero-order chi connectivity index (χ0) is 21.0. The molecule has 0 radical (unpaired) electrons. The van der Waals surface area contributed by atoms with E-state index >= 15 is 0 Å². The monoisotopic (exact) mass is 417 g/mol. The lowest BCUT2D eigenvalue weighted by atomic mass is 10.1. The lowest BCUT2D eigenvalue weighted by molar-refractivity contribution is -0.124. The molecule has 3 rings (SSSR count). The highest BCUT2D eigenvalue weighted by Crippen LogP contribution is 2.24. The smallest absolute Gasteiger partial charge is 0.255 e. The maximum atomic E-state index is 12.7. The molecule has 2 aromatic carbocycles. The second-order valence-electron chi connectivity index (χ2n) is 6.81. The Morgan fingerprint density at radius 2 is 1.83 bits per heavy atom. The van der Waals surface area contributed by atoms with Gasteiger partial charge in [-0.3, -0.25) is 9.59 Å². The van der Waals surface area contributed by atoms with E-state index in [1.807, 2.05) is 0 Å². The SMILES string of the molecule is CN(C)S(=O)(=O)c1ccccc1NC(=O)c1cccc(NC(=O)C2CCCO2)c1. The van der Waals surface area contributed by atoms with Gasteiger partial charge >= 0.3 is 0 Å². The molecule has 1 atom stereocenters. The Kier molecular flexibility index (Phi) is 6.31. The number of nitrogens with zero attached hydrogens (tertiary/aromatic N) is 1. The second kappa shape index (κ2) is 8.73. The summed E-state index contributed by atoms with van der Waals surface area (Å²) in [6.45, 7) is 0.565. The summed E-state index contributed by atoms with van der Waals surface area (Å²) in [7, 11) is -0.872. The van der Waals surface area contributed by atoms with Gasteiger partial charge in [-0.25, -0.2) is 12.7 Å². The van der Waals surface area contributed by atoms with Crippen molar-refractivity contribution in [2.75, 3.05) is 31.3 Å². The molecule has 8 nitrogen and oxygen atoms in total. The van der Waals surface area contributed by atoms with Crippen LogP contribution in [0.3, 0.4) is 0 Å². The van der Waals surface area contributed by atoms with E-state index in [-0.39, 0.29) is 22.1 Å². The first-order valence-corrected chi connectivity index (χ1v) is 10.6. The largest absolute Gasteiger partial charge is 0.368 e. The number of nitrogens with one attached hydrogen (secondary N) is 2. The van der Waals surface area contributed by atoms with E-state index < -0.39 is 22.0 Å². The molecule has 1 heterocycles. The van der Waals surface area contributed by atoms with Gasteiger partial charge in [0.05, 0.1) is 5.69 Å². The van der Waals surface area contributed by atoms with Crippen LogP contribution in [0.15, 0.2) is 53.4 Å². The summed E-state index contributed by atoms with van der Waals surface area (Å²) in [5.74, 6) is -0.734. The van der Waals surface area contributed by atoms with Gasteiger partial charge in [0.25, 0.3) is 11.8 Å². The van der Waals surface area contributed by atoms with Crippen molar-refractivity contribution in [3.8, 4) is 0 Å². The average Bonchev–Trinajstić information content (AvgIpc) is 3.23. The van der Waals surface area contributed by atoms with E-state index in [9.17, 15) is 18.0 Å². The molecule has 9 heteroatoms. The first kappa shape index (κ1) is 21.0. The van der Waals surface area contributed by atoms with Crippen LogP contribution in [0, 0.1) is 0 Å². The minimum absolute atomic E-state index is 0.00110. The number of sulfonamides is 1. The number of rotatable bonds is 6. The van der Waals surface area contributed by atoms with Crippen molar-refractivity contribution in [3.05, 3.63) is 54.1 Å². The third-order valence-electron chi connectivity index (χ3n) is 4.51. The molecule has 2 amide bonds. The highest BCUT2D eigenvalue weighted by atomic mass is 32.2. The zero-order valence-electron chi connectivity index (χ0n) is 16.2. The summed E-state index contributed by atoms with van der Waals surface area (Å²) in [5, 5.41) is 5.39. The summed E-state index contributed by atoms with van der Waals surface area (Å²) < 4.78 is 31.4. The molecule has 2 N–H and O–H groups in total. The zero-order valence-corrected chi connectivity index (χ0v) is 17.0. The van der Waals surface area contributed by atoms with Crippen LogP contribution in [0.4, 0.5) is 11.4 Å². The van der Waals surface area contributed by atoms with Crippen LogP contribution < -0.4 is 10.6 Å². The molecule has 0 bridgehead atoms. The number of benzene rings is 2. The summed E-state index contributed by atoms with van der Waals surface area (Å²) in [5.41, 5.74) is 0.930. The molecule has 1 fully saturated rings. The Labute approximate surface area is 169 Å². The van der Waals surface area contributed by atoms with Crippen LogP contribution in [-0.2, 0) is 19.6 Å². The molecule has 154 valence electrons. The second-order valence-corrected chi connectivity index (χ2v) is 8.93. The quantitative estimate of drug-likeness (QED) is 0.750. The maximum absolute atomic E-state index is 12.7. The fourth-order valence-corrected chi connectivity index (χ4v) is 3.97. The molecule has 1 unspecified atom stereocenters. The lowest BCUT2D eigenvalue weighted by Gasteiger charge is -2.16. The number of amides is 2. The van der Waals surface area contributed by atoms with Crippen molar-refractivity contribution in [1.82, 2.24) is 4.31 Å². The predicted octanol–water partition coefficient (Wildman–Crippen LogP) is 2.31. The van der Waals surface area contributed by atoms with Crippen molar-refractivity contribution in [2.24, 2.45) is 0 Å². The van der Waals surface area contributed by atoms with Crippen LogP contribution >= 0.6 is 0 Å². The van der Waals surface area contributed by atoms with Crippen molar-refractivity contribution in [3.63, 3.8) is 0 Å². The first-order valence-electron chi connectivity index (χ1n) is 9.14. The van der Waals surface area contributed by atoms with Gasteiger partial charge in [0, 0.05) is 32.0 Å². The summed E-state index contributed by atoms with van der Waals surface area (Å²) in [6, 6.07) is 12.6. The van der Waals surface area contributed by atoms with Crippen molar-refractivity contribution in [2.45, 2.75) is 23.8 Å². The molecule has 0 saturated carbocycles. The molecular formula is C20H23N3O5S. The average molecular weight is 417 g/mol. The third-order valence-corrected chi connectivity index (χ3v) is 6.38. The molecule has 0 spiro atoms. The van der Waals surface area contributed by atoms with E-state index in [0.29, 0.717) is 18.7 Å². The molecule has 1 aliphatic heterocycles. The molecule has 1 aliphatic rings. The first-order chi connectivity index (χ1) is 13.8. The molecule has 29 heavy (non-hydrogen) atoms. The van der Waals surface area contributed by atoms with Crippen molar-refractivity contribution < 1.29 is 22.7 Å². The number of ether oxygens (including phenoxy) is 1. The van der Waals surface area contributed by atoms with E-state index in [1.165, 1.54) is 32.3 Å². The van der Waals surface area contributed by atoms with Gasteiger partial charge in [-0.1, -0.05) is 18.2 Å². The highest BCUT2D eigenvalue weighted by molar-refractivity contribution is 7.89. The number of anilines is 2. The number of hydrogen-bond acceptors (Lipinski definition) is 5. The van der Waals surface area contributed by atoms with Gasteiger partial charge in [-0.2, -0.15) is 0 Å². The van der Waals surface area contributed by atoms with Crippen LogP contribution in [-0.4, -0.2) is 51.3 Å². The van der Waals surface area contributed by atoms with Crippen LogP contribution in [0.25, 0.3) is 0 Å². The van der Waals surface area contributed by atoms with Crippen molar-refractivity contribution >= 4 is 33.2 Å². The number of carbonyl (C=O) groups excluding carboxylic acids is 2. The Morgan fingerprint density at radius 3 is 2.52 bits per heavy atom. The van der Waals surface area contributed by atoms with Gasteiger partial charge in [0.15, 0.2) is 0 Å². The Bertz CT molecular complexity index is 1010.